The number of likely N-dealkylation sites (tertiary alicyclic amines) is 1. The first-order chi connectivity index (χ1) is 32.0. The van der Waals surface area contributed by atoms with Crippen LogP contribution in [0.1, 0.15) is 73.3 Å². The Morgan fingerprint density at radius 1 is 0.955 bits per heavy atom. The van der Waals surface area contributed by atoms with Gasteiger partial charge in [-0.25, -0.2) is 17.5 Å². The Hall–Kier alpha value is -5.82. The van der Waals surface area contributed by atoms with E-state index in [1.807, 2.05) is 41.3 Å². The molecule has 6 aliphatic rings. The first-order valence-corrected chi connectivity index (χ1v) is 24.6. The Morgan fingerprint density at radius 2 is 1.77 bits per heavy atom. The van der Waals surface area contributed by atoms with E-state index in [-0.39, 0.29) is 40.5 Å². The molecule has 5 fully saturated rings. The molecule has 3 N–H and O–H groups in total. The van der Waals surface area contributed by atoms with Crippen LogP contribution in [-0.2, 0) is 19.5 Å². The smallest absolute Gasteiger partial charge is 0.293 e. The zero-order chi connectivity index (χ0) is 45.2. The molecule has 0 unspecified atom stereocenters. The number of fused-ring (bicyclic) bond motifs is 3. The van der Waals surface area contributed by atoms with Crippen LogP contribution in [0.2, 0.25) is 0 Å². The van der Waals surface area contributed by atoms with Crippen molar-refractivity contribution in [2.24, 2.45) is 11.3 Å². The van der Waals surface area contributed by atoms with E-state index in [0.717, 1.165) is 93.7 Å². The highest BCUT2D eigenvalue weighted by atomic mass is 32.2. The van der Waals surface area contributed by atoms with E-state index in [0.29, 0.717) is 61.9 Å². The molecule has 7 heterocycles. The lowest BCUT2D eigenvalue weighted by atomic mass is 9.60. The van der Waals surface area contributed by atoms with Crippen molar-refractivity contribution >= 4 is 55.4 Å². The van der Waals surface area contributed by atoms with Gasteiger partial charge in [0.05, 0.1) is 40.3 Å². The van der Waals surface area contributed by atoms with Gasteiger partial charge in [-0.05, 0) is 118 Å². The number of halogens is 1. The molecule has 3 atom stereocenters. The van der Waals surface area contributed by atoms with Gasteiger partial charge in [0.1, 0.15) is 28.9 Å². The first-order valence-electron chi connectivity index (χ1n) is 23.1. The van der Waals surface area contributed by atoms with Gasteiger partial charge < -0.3 is 34.3 Å². The fourth-order valence-electron chi connectivity index (χ4n) is 11.4. The van der Waals surface area contributed by atoms with Crippen LogP contribution in [0.4, 0.5) is 32.8 Å². The minimum absolute atomic E-state index is 0.0876. The lowest BCUT2D eigenvalue weighted by Crippen LogP contribution is -2.55. The zero-order valence-corrected chi connectivity index (χ0v) is 37.3. The number of hydrogen-bond donors (Lipinski definition) is 3. The molecule has 66 heavy (non-hydrogen) atoms. The number of benzene rings is 3. The fourth-order valence-corrected chi connectivity index (χ4v) is 12.4. The van der Waals surface area contributed by atoms with Gasteiger partial charge in [-0.3, -0.25) is 19.8 Å². The second kappa shape index (κ2) is 17.1. The summed E-state index contributed by atoms with van der Waals surface area (Å²) in [5.74, 6) is -0.402. The Labute approximate surface area is 382 Å². The average molecular weight is 921 g/mol. The molecule has 346 valence electrons. The number of nitro benzene ring substituents is 1. The third-order valence-electron chi connectivity index (χ3n) is 15.0. The number of piperidine rings is 1. The summed E-state index contributed by atoms with van der Waals surface area (Å²) in [5, 5.41) is 16.2. The zero-order valence-electron chi connectivity index (χ0n) is 36.5. The van der Waals surface area contributed by atoms with Crippen LogP contribution in [-0.4, -0.2) is 105 Å². The van der Waals surface area contributed by atoms with Gasteiger partial charge in [0, 0.05) is 73.8 Å². The molecule has 1 saturated carbocycles. The molecule has 11 rings (SSSR count). The highest BCUT2D eigenvalue weighted by Gasteiger charge is 2.50. The number of nitrogens with one attached hydrogen (secondary N) is 3. The van der Waals surface area contributed by atoms with Crippen molar-refractivity contribution in [1.29, 1.82) is 0 Å². The number of pyridine rings is 1. The minimum Gasteiger partial charge on any atom is -0.468 e. The van der Waals surface area contributed by atoms with Gasteiger partial charge in [-0.2, -0.15) is 4.98 Å². The van der Waals surface area contributed by atoms with Crippen molar-refractivity contribution in [3.05, 3.63) is 106 Å². The number of hydrogen-bond acceptors (Lipinski definition) is 13. The van der Waals surface area contributed by atoms with Crippen LogP contribution in [0, 0.1) is 27.3 Å². The van der Waals surface area contributed by atoms with E-state index >= 15 is 0 Å². The number of carbonyl (C=O) groups is 1. The van der Waals surface area contributed by atoms with Crippen molar-refractivity contribution in [3.8, 4) is 5.88 Å². The third-order valence-corrected chi connectivity index (χ3v) is 16.3. The highest BCUT2D eigenvalue weighted by molar-refractivity contribution is 7.90. The van der Waals surface area contributed by atoms with Crippen molar-refractivity contribution in [1.82, 2.24) is 19.6 Å². The molecule has 0 radical (unpaired) electrons. The molecule has 4 saturated heterocycles. The van der Waals surface area contributed by atoms with Crippen LogP contribution in [0.5, 0.6) is 5.88 Å². The van der Waals surface area contributed by atoms with Crippen molar-refractivity contribution in [2.75, 3.05) is 67.7 Å². The standard InChI is InChI=1S/C48H53FN8O8S/c49-37-5-2-1-4-35(37)39-6-3-17-55(39)33-25-48(26-33)14-18-54(19-15-48)32-7-9-36(40(23-32)56-42-22-31-11-16-50-45(31)52-47(42)65-44-29-64-28-43(44)56)46(58)53-66(61,62)34-8-10-38(41(24-34)57(59)60)51-27-30-12-20-63-21-13-30/h1-2,4-5,7-11,16,22-24,30,33,39,43-44,51H,3,6,12-15,17-21,25-29H2,(H,50,52)(H,53,58)/t39-,43+,44+/m0/s1. The Morgan fingerprint density at radius 3 is 2.58 bits per heavy atom. The number of amides is 1. The van der Waals surface area contributed by atoms with Crippen LogP contribution in [0.25, 0.3) is 11.0 Å². The lowest BCUT2D eigenvalue weighted by molar-refractivity contribution is -0.384. The van der Waals surface area contributed by atoms with Gasteiger partial charge in [-0.15, -0.1) is 0 Å². The van der Waals surface area contributed by atoms with Crippen LogP contribution in [0.3, 0.4) is 0 Å². The maximum atomic E-state index is 14.9. The predicted molar refractivity (Wildman–Crippen MR) is 245 cm³/mol. The second-order valence-electron chi connectivity index (χ2n) is 18.8. The van der Waals surface area contributed by atoms with E-state index in [4.69, 9.17) is 19.2 Å². The van der Waals surface area contributed by atoms with E-state index < -0.39 is 37.5 Å². The molecule has 3 aromatic carbocycles. The summed E-state index contributed by atoms with van der Waals surface area (Å²) in [6.45, 7) is 4.88. The number of sulfonamides is 1. The monoisotopic (exact) mass is 920 g/mol. The number of aromatic amines is 1. The van der Waals surface area contributed by atoms with Gasteiger partial charge >= 0.3 is 0 Å². The summed E-state index contributed by atoms with van der Waals surface area (Å²) in [6, 6.07) is 20.3. The van der Waals surface area contributed by atoms with Gasteiger partial charge in [-0.1, -0.05) is 18.2 Å². The Balaban J connectivity index is 0.871. The second-order valence-corrected chi connectivity index (χ2v) is 20.5. The molecule has 2 aromatic heterocycles. The molecule has 18 heteroatoms. The molecule has 0 bridgehead atoms. The van der Waals surface area contributed by atoms with E-state index in [1.165, 1.54) is 12.1 Å². The predicted octanol–water partition coefficient (Wildman–Crippen LogP) is 7.45. The molecule has 5 aliphatic heterocycles. The molecule has 16 nitrogen and oxygen atoms in total. The molecular formula is C48H53FN8O8S. The van der Waals surface area contributed by atoms with Crippen molar-refractivity contribution in [3.63, 3.8) is 0 Å². The third kappa shape index (κ3) is 7.90. The summed E-state index contributed by atoms with van der Waals surface area (Å²) in [6.07, 6.45) is 9.18. The SMILES string of the molecule is O=C(NS(=O)(=O)c1ccc(NCC2CCOCC2)c([N+](=O)[O-])c1)c1ccc(N2CCC3(CC2)CC(N2CCC[C@H]2c2ccccc2F)C3)cc1N1c2cc3cc[nH]c3nc2O[C@@H]2COC[C@H]21. The summed E-state index contributed by atoms with van der Waals surface area (Å²) < 4.78 is 63.0. The molecule has 1 amide bonds. The van der Waals surface area contributed by atoms with E-state index in [2.05, 4.69) is 24.8 Å². The number of anilines is 4. The average Bonchev–Trinajstić information content (AvgIpc) is 4.11. The quantitative estimate of drug-likeness (QED) is 0.0878. The summed E-state index contributed by atoms with van der Waals surface area (Å²) in [7, 11) is -4.60. The molecule has 5 aromatic rings. The topological polar surface area (TPSA) is 184 Å². The number of rotatable bonds is 11. The summed E-state index contributed by atoms with van der Waals surface area (Å²) in [5.41, 5.74) is 3.46. The van der Waals surface area contributed by atoms with Crippen LogP contribution >= 0.6 is 0 Å². The van der Waals surface area contributed by atoms with Crippen molar-refractivity contribution < 1.29 is 36.7 Å². The van der Waals surface area contributed by atoms with Gasteiger partial charge in [0.2, 0.25) is 5.88 Å². The summed E-state index contributed by atoms with van der Waals surface area (Å²) >= 11 is 0. The molecular weight excluding hydrogens is 868 g/mol. The summed E-state index contributed by atoms with van der Waals surface area (Å²) in [4.78, 5) is 40.5. The number of aromatic nitrogens is 2. The van der Waals surface area contributed by atoms with E-state index in [9.17, 15) is 27.7 Å². The maximum absolute atomic E-state index is 14.9. The largest absolute Gasteiger partial charge is 0.468 e. The number of H-pyrrole nitrogens is 1. The molecule has 1 spiro atoms. The number of nitro groups is 1. The number of carbonyl (C=O) groups excluding carboxylic acids is 1. The fraction of sp³-hybridized carbons (Fsp3) is 0.458. The highest BCUT2D eigenvalue weighted by Crippen LogP contribution is 2.54. The maximum Gasteiger partial charge on any atom is 0.293 e. The van der Waals surface area contributed by atoms with Crippen molar-refractivity contribution in [2.45, 2.75) is 80.5 Å². The number of nitrogens with zero attached hydrogens (tertiary/aromatic N) is 5. The molecule has 1 aliphatic carbocycles. The Kier molecular flexibility index (Phi) is 11.1. The first kappa shape index (κ1) is 42.8. The normalized spacial score (nSPS) is 23.3. The lowest BCUT2D eigenvalue weighted by Gasteiger charge is -2.56. The Bertz CT molecular complexity index is 2790. The number of ether oxygens (including phenoxy) is 3. The van der Waals surface area contributed by atoms with Gasteiger partial charge in [0.25, 0.3) is 21.6 Å². The minimum atomic E-state index is -4.60. The van der Waals surface area contributed by atoms with Gasteiger partial charge in [0.15, 0.2) is 0 Å². The van der Waals surface area contributed by atoms with Crippen LogP contribution in [0.15, 0.2) is 83.9 Å². The van der Waals surface area contributed by atoms with E-state index in [1.54, 1.807) is 24.4 Å². The van der Waals surface area contributed by atoms with Crippen LogP contribution < -0.4 is 24.6 Å².